The maximum absolute atomic E-state index is 11.7. The minimum absolute atomic E-state index is 0.0655. The maximum Gasteiger partial charge on any atom is 0.410 e. The number of benzene rings is 2. The van der Waals surface area contributed by atoms with Crippen LogP contribution in [0.25, 0.3) is 0 Å². The molecular formula is C18H16BrNO5. The average molecular weight is 406 g/mol. The van der Waals surface area contributed by atoms with Gasteiger partial charge in [-0.15, -0.1) is 0 Å². The predicted molar refractivity (Wildman–Crippen MR) is 93.8 cm³/mol. The van der Waals surface area contributed by atoms with E-state index in [1.807, 2.05) is 18.2 Å². The standard InChI is InChI=1S/C18H16BrNO5/c19-14-4-5-16(13(10-14)11-20-6-7-24-18(20)23)25-15-3-1-2-12(8-15)9-17(21)22/h1-5,8,10H,6-7,9,11H2,(H,21,22). The van der Waals surface area contributed by atoms with Gasteiger partial charge in [-0.1, -0.05) is 28.1 Å². The van der Waals surface area contributed by atoms with E-state index in [9.17, 15) is 9.59 Å². The van der Waals surface area contributed by atoms with Crippen LogP contribution in [-0.2, 0) is 22.5 Å². The van der Waals surface area contributed by atoms with Gasteiger partial charge in [-0.05, 0) is 35.9 Å². The number of carboxylic acid groups (broad SMARTS) is 1. The first-order chi connectivity index (χ1) is 12.0. The smallest absolute Gasteiger partial charge is 0.410 e. The Labute approximate surface area is 153 Å². The average Bonchev–Trinajstić information content (AvgIpc) is 2.95. The number of halogens is 1. The Hall–Kier alpha value is -2.54. The monoisotopic (exact) mass is 405 g/mol. The number of amides is 1. The van der Waals surface area contributed by atoms with Crippen LogP contribution in [0.1, 0.15) is 11.1 Å². The Bertz CT molecular complexity index is 808. The molecule has 2 aromatic carbocycles. The van der Waals surface area contributed by atoms with Crippen LogP contribution in [0.3, 0.4) is 0 Å². The van der Waals surface area contributed by atoms with Crippen molar-refractivity contribution >= 4 is 28.0 Å². The van der Waals surface area contributed by atoms with Gasteiger partial charge in [-0.3, -0.25) is 4.79 Å². The summed E-state index contributed by atoms with van der Waals surface area (Å²) < 4.78 is 11.8. The van der Waals surface area contributed by atoms with Gasteiger partial charge in [-0.25, -0.2) is 4.79 Å². The molecule has 0 aromatic heterocycles. The summed E-state index contributed by atoms with van der Waals surface area (Å²) in [6, 6.07) is 12.5. The third-order valence-corrected chi connectivity index (χ3v) is 4.20. The van der Waals surface area contributed by atoms with E-state index in [-0.39, 0.29) is 12.5 Å². The third kappa shape index (κ3) is 4.51. The van der Waals surface area contributed by atoms with Crippen molar-refractivity contribution in [3.63, 3.8) is 0 Å². The molecule has 1 aliphatic rings. The third-order valence-electron chi connectivity index (χ3n) is 3.71. The number of ether oxygens (including phenoxy) is 2. The molecule has 0 aliphatic carbocycles. The highest BCUT2D eigenvalue weighted by molar-refractivity contribution is 9.10. The second kappa shape index (κ2) is 7.57. The molecule has 25 heavy (non-hydrogen) atoms. The first kappa shape index (κ1) is 17.3. The van der Waals surface area contributed by atoms with Crippen LogP contribution in [0.2, 0.25) is 0 Å². The molecule has 1 N–H and O–H groups in total. The largest absolute Gasteiger partial charge is 0.481 e. The minimum Gasteiger partial charge on any atom is -0.481 e. The number of carbonyl (C=O) groups is 2. The van der Waals surface area contributed by atoms with Crippen molar-refractivity contribution in [1.82, 2.24) is 4.90 Å². The van der Waals surface area contributed by atoms with Crippen LogP contribution in [0, 0.1) is 0 Å². The van der Waals surface area contributed by atoms with Gasteiger partial charge in [0.1, 0.15) is 18.1 Å². The molecule has 0 bridgehead atoms. The van der Waals surface area contributed by atoms with Gasteiger partial charge >= 0.3 is 12.1 Å². The van der Waals surface area contributed by atoms with E-state index >= 15 is 0 Å². The first-order valence-electron chi connectivity index (χ1n) is 7.70. The molecule has 7 heteroatoms. The molecule has 6 nitrogen and oxygen atoms in total. The van der Waals surface area contributed by atoms with Crippen LogP contribution in [0.4, 0.5) is 4.79 Å². The highest BCUT2D eigenvalue weighted by atomic mass is 79.9. The van der Waals surface area contributed by atoms with Gasteiger partial charge in [0.15, 0.2) is 0 Å². The van der Waals surface area contributed by atoms with Crippen molar-refractivity contribution < 1.29 is 24.2 Å². The van der Waals surface area contributed by atoms with Crippen LogP contribution in [0.15, 0.2) is 46.9 Å². The topological polar surface area (TPSA) is 76.1 Å². The van der Waals surface area contributed by atoms with Crippen molar-refractivity contribution in [3.05, 3.63) is 58.1 Å². The van der Waals surface area contributed by atoms with E-state index in [4.69, 9.17) is 14.6 Å². The lowest BCUT2D eigenvalue weighted by atomic mass is 10.1. The molecule has 1 heterocycles. The number of hydrogen-bond donors (Lipinski definition) is 1. The van der Waals surface area contributed by atoms with E-state index in [1.54, 1.807) is 29.2 Å². The fraction of sp³-hybridized carbons (Fsp3) is 0.222. The fourth-order valence-corrected chi connectivity index (χ4v) is 2.98. The summed E-state index contributed by atoms with van der Waals surface area (Å²) >= 11 is 3.43. The molecule has 2 aromatic rings. The highest BCUT2D eigenvalue weighted by Gasteiger charge is 2.23. The molecule has 130 valence electrons. The van der Waals surface area contributed by atoms with Crippen molar-refractivity contribution in [3.8, 4) is 11.5 Å². The van der Waals surface area contributed by atoms with Crippen molar-refractivity contribution in [1.29, 1.82) is 0 Å². The summed E-state index contributed by atoms with van der Waals surface area (Å²) in [7, 11) is 0. The van der Waals surface area contributed by atoms with Crippen LogP contribution in [-0.4, -0.2) is 35.2 Å². The molecule has 0 radical (unpaired) electrons. The zero-order valence-corrected chi connectivity index (χ0v) is 14.9. The number of rotatable bonds is 6. The number of cyclic esters (lactones) is 1. The van der Waals surface area contributed by atoms with Gasteiger partial charge in [-0.2, -0.15) is 0 Å². The number of nitrogens with zero attached hydrogens (tertiary/aromatic N) is 1. The fourth-order valence-electron chi connectivity index (χ4n) is 2.57. The lowest BCUT2D eigenvalue weighted by molar-refractivity contribution is -0.136. The molecule has 0 unspecified atom stereocenters. The van der Waals surface area contributed by atoms with Crippen LogP contribution >= 0.6 is 15.9 Å². The molecular weight excluding hydrogens is 390 g/mol. The Kier molecular flexibility index (Phi) is 5.23. The normalized spacial score (nSPS) is 13.6. The Morgan fingerprint density at radius 1 is 1.28 bits per heavy atom. The second-order valence-electron chi connectivity index (χ2n) is 5.61. The molecule has 0 spiro atoms. The summed E-state index contributed by atoms with van der Waals surface area (Å²) in [5.74, 6) is 0.260. The van der Waals surface area contributed by atoms with E-state index in [0.29, 0.717) is 36.8 Å². The Morgan fingerprint density at radius 2 is 2.12 bits per heavy atom. The zero-order chi connectivity index (χ0) is 17.8. The van der Waals surface area contributed by atoms with Crippen LogP contribution in [0.5, 0.6) is 11.5 Å². The lowest BCUT2D eigenvalue weighted by Crippen LogP contribution is -2.23. The number of carbonyl (C=O) groups excluding carboxylic acids is 1. The summed E-state index contributed by atoms with van der Waals surface area (Å²) in [6.07, 6.45) is -0.404. The predicted octanol–water partition coefficient (Wildman–Crippen LogP) is 3.82. The minimum atomic E-state index is -0.894. The summed E-state index contributed by atoms with van der Waals surface area (Å²) in [5, 5.41) is 8.91. The summed E-state index contributed by atoms with van der Waals surface area (Å²) in [5.41, 5.74) is 1.49. The second-order valence-corrected chi connectivity index (χ2v) is 6.52. The molecule has 0 saturated carbocycles. The molecule has 1 amide bonds. The maximum atomic E-state index is 11.7. The van der Waals surface area contributed by atoms with Gasteiger partial charge in [0, 0.05) is 10.0 Å². The zero-order valence-electron chi connectivity index (χ0n) is 13.3. The van der Waals surface area contributed by atoms with Gasteiger partial charge in [0.05, 0.1) is 19.5 Å². The number of aliphatic carboxylic acids is 1. The molecule has 1 saturated heterocycles. The quantitative estimate of drug-likeness (QED) is 0.790. The number of hydrogen-bond acceptors (Lipinski definition) is 4. The Morgan fingerprint density at radius 3 is 2.84 bits per heavy atom. The summed E-state index contributed by atoms with van der Waals surface area (Å²) in [6.45, 7) is 1.31. The lowest BCUT2D eigenvalue weighted by Gasteiger charge is -2.17. The van der Waals surface area contributed by atoms with E-state index < -0.39 is 5.97 Å². The van der Waals surface area contributed by atoms with Gasteiger partial charge in [0.2, 0.25) is 0 Å². The molecule has 1 aliphatic heterocycles. The highest BCUT2D eigenvalue weighted by Crippen LogP contribution is 2.30. The summed E-state index contributed by atoms with van der Waals surface area (Å²) in [4.78, 5) is 24.1. The van der Waals surface area contributed by atoms with Crippen molar-refractivity contribution in [2.45, 2.75) is 13.0 Å². The molecule has 1 fully saturated rings. The van der Waals surface area contributed by atoms with Crippen molar-refractivity contribution in [2.24, 2.45) is 0 Å². The number of carboxylic acids is 1. The van der Waals surface area contributed by atoms with Gasteiger partial charge in [0.25, 0.3) is 0 Å². The Balaban J connectivity index is 1.82. The molecule has 0 atom stereocenters. The van der Waals surface area contributed by atoms with E-state index in [2.05, 4.69) is 15.9 Å². The first-order valence-corrected chi connectivity index (χ1v) is 8.49. The SMILES string of the molecule is O=C(O)Cc1cccc(Oc2ccc(Br)cc2CN2CCOC2=O)c1. The van der Waals surface area contributed by atoms with Gasteiger partial charge < -0.3 is 19.5 Å². The van der Waals surface area contributed by atoms with E-state index in [0.717, 1.165) is 10.0 Å². The van der Waals surface area contributed by atoms with E-state index in [1.165, 1.54) is 0 Å². The molecule has 3 rings (SSSR count). The van der Waals surface area contributed by atoms with Crippen LogP contribution < -0.4 is 4.74 Å². The van der Waals surface area contributed by atoms with Crippen molar-refractivity contribution in [2.75, 3.05) is 13.2 Å².